The molecule has 0 amide bonds. The normalized spacial score (nSPS) is 27.2. The van der Waals surface area contributed by atoms with Gasteiger partial charge in [0.15, 0.2) is 0 Å². The molecule has 1 aliphatic heterocycles. The summed E-state index contributed by atoms with van der Waals surface area (Å²) in [4.78, 5) is 2.48. The van der Waals surface area contributed by atoms with Gasteiger partial charge in [-0.3, -0.25) is 4.90 Å². The molecule has 0 aliphatic carbocycles. The first-order valence-corrected chi connectivity index (χ1v) is 6.04. The smallest absolute Gasteiger partial charge is 0.0250 e. The van der Waals surface area contributed by atoms with Gasteiger partial charge in [0, 0.05) is 30.6 Å². The number of rotatable bonds is 1. The van der Waals surface area contributed by atoms with Crippen molar-refractivity contribution < 1.29 is 0 Å². The van der Waals surface area contributed by atoms with Crippen molar-refractivity contribution in [2.75, 3.05) is 13.1 Å². The summed E-state index contributed by atoms with van der Waals surface area (Å²) in [6.45, 7) is 8.85. The molecule has 0 spiro atoms. The zero-order valence-corrected chi connectivity index (χ0v) is 10.5. The van der Waals surface area contributed by atoms with Gasteiger partial charge in [-0.2, -0.15) is 0 Å². The van der Waals surface area contributed by atoms with E-state index in [-0.39, 0.29) is 11.6 Å². The van der Waals surface area contributed by atoms with Gasteiger partial charge in [0.05, 0.1) is 0 Å². The van der Waals surface area contributed by atoms with Gasteiger partial charge in [0.2, 0.25) is 0 Å². The van der Waals surface area contributed by atoms with E-state index in [0.29, 0.717) is 5.92 Å². The molecule has 1 fully saturated rings. The molecule has 2 N–H and O–H groups in total. The highest BCUT2D eigenvalue weighted by atomic mass is 15.2. The first-order chi connectivity index (χ1) is 7.48. The minimum atomic E-state index is 0.223. The molecule has 2 heteroatoms. The molecule has 0 aromatic heterocycles. The van der Waals surface area contributed by atoms with Crippen molar-refractivity contribution in [2.45, 2.75) is 38.3 Å². The molecule has 88 valence electrons. The summed E-state index contributed by atoms with van der Waals surface area (Å²) in [5, 5.41) is 0. The predicted octanol–water partition coefficient (Wildman–Crippen LogP) is 2.21. The summed E-state index contributed by atoms with van der Waals surface area (Å²) in [6, 6.07) is 10.9. The van der Waals surface area contributed by atoms with Crippen molar-refractivity contribution >= 4 is 0 Å². The number of hydrogen-bond acceptors (Lipinski definition) is 2. The zero-order chi connectivity index (χ0) is 11.8. The second kappa shape index (κ2) is 4.19. The van der Waals surface area contributed by atoms with Crippen LogP contribution in [-0.4, -0.2) is 29.6 Å². The van der Waals surface area contributed by atoms with E-state index in [1.807, 2.05) is 0 Å². The van der Waals surface area contributed by atoms with Gasteiger partial charge in [-0.05, 0) is 26.3 Å². The molecule has 1 heterocycles. The van der Waals surface area contributed by atoms with E-state index in [1.165, 1.54) is 5.56 Å². The monoisotopic (exact) mass is 218 g/mol. The third-order valence-corrected chi connectivity index (χ3v) is 3.54. The van der Waals surface area contributed by atoms with E-state index in [0.717, 1.165) is 13.1 Å². The van der Waals surface area contributed by atoms with Crippen LogP contribution in [0.15, 0.2) is 30.3 Å². The highest BCUT2D eigenvalue weighted by Gasteiger charge is 2.36. The van der Waals surface area contributed by atoms with Gasteiger partial charge < -0.3 is 5.73 Å². The summed E-state index contributed by atoms with van der Waals surface area (Å²) >= 11 is 0. The maximum atomic E-state index is 6.26. The number of benzene rings is 1. The van der Waals surface area contributed by atoms with Crippen molar-refractivity contribution in [3.8, 4) is 0 Å². The van der Waals surface area contributed by atoms with E-state index >= 15 is 0 Å². The van der Waals surface area contributed by atoms with Crippen LogP contribution in [0.1, 0.15) is 32.3 Å². The van der Waals surface area contributed by atoms with Crippen LogP contribution < -0.4 is 5.73 Å². The van der Waals surface area contributed by atoms with E-state index in [4.69, 9.17) is 5.73 Å². The average molecular weight is 218 g/mol. The molecule has 16 heavy (non-hydrogen) atoms. The molecule has 0 radical (unpaired) electrons. The fourth-order valence-corrected chi connectivity index (χ4v) is 2.43. The van der Waals surface area contributed by atoms with Crippen molar-refractivity contribution in [1.82, 2.24) is 4.90 Å². The summed E-state index contributed by atoms with van der Waals surface area (Å²) in [5.41, 5.74) is 7.86. The van der Waals surface area contributed by atoms with Gasteiger partial charge in [-0.15, -0.1) is 0 Å². The van der Waals surface area contributed by atoms with Crippen LogP contribution in [0.4, 0.5) is 0 Å². The van der Waals surface area contributed by atoms with Gasteiger partial charge in [-0.25, -0.2) is 0 Å². The lowest BCUT2D eigenvalue weighted by molar-refractivity contribution is 0.171. The molecule has 2 rings (SSSR count). The quantitative estimate of drug-likeness (QED) is 0.783. The number of nitrogens with two attached hydrogens (primary N) is 1. The number of likely N-dealkylation sites (tertiary alicyclic amines) is 1. The van der Waals surface area contributed by atoms with Crippen LogP contribution in [0, 0.1) is 0 Å². The Hall–Kier alpha value is -0.860. The third-order valence-electron chi connectivity index (χ3n) is 3.54. The van der Waals surface area contributed by atoms with Crippen LogP contribution in [0.5, 0.6) is 0 Å². The molecular weight excluding hydrogens is 196 g/mol. The molecule has 0 saturated carbocycles. The Morgan fingerprint density at radius 3 is 2.25 bits per heavy atom. The lowest BCUT2D eigenvalue weighted by Crippen LogP contribution is -2.40. The lowest BCUT2D eigenvalue weighted by Gasteiger charge is -2.31. The van der Waals surface area contributed by atoms with Crippen LogP contribution in [0.25, 0.3) is 0 Å². The summed E-state index contributed by atoms with van der Waals surface area (Å²) < 4.78 is 0. The Labute approximate surface area is 98.4 Å². The topological polar surface area (TPSA) is 29.3 Å². The molecule has 1 aromatic rings. The molecule has 1 saturated heterocycles. The number of hydrogen-bond donors (Lipinski definition) is 1. The second-order valence-corrected chi connectivity index (χ2v) is 5.76. The highest BCUT2D eigenvalue weighted by molar-refractivity contribution is 5.23. The minimum absolute atomic E-state index is 0.223. The molecule has 0 unspecified atom stereocenters. The summed E-state index contributed by atoms with van der Waals surface area (Å²) in [7, 11) is 0. The Morgan fingerprint density at radius 2 is 1.75 bits per heavy atom. The van der Waals surface area contributed by atoms with Crippen LogP contribution in [-0.2, 0) is 0 Å². The average Bonchev–Trinajstić information content (AvgIpc) is 2.61. The molecule has 0 bridgehead atoms. The number of nitrogens with zero attached hydrogens (tertiary/aromatic N) is 1. The Morgan fingerprint density at radius 1 is 1.12 bits per heavy atom. The largest absolute Gasteiger partial charge is 0.326 e. The Kier molecular flexibility index (Phi) is 3.04. The SMILES string of the molecule is CC(C)(C)N1C[C@H](c2ccccc2)[C@@H](N)C1. The molecular formula is C14H22N2. The highest BCUT2D eigenvalue weighted by Crippen LogP contribution is 2.30. The van der Waals surface area contributed by atoms with Gasteiger partial charge in [0.1, 0.15) is 0 Å². The first-order valence-electron chi connectivity index (χ1n) is 6.04. The van der Waals surface area contributed by atoms with E-state index in [9.17, 15) is 0 Å². The maximum Gasteiger partial charge on any atom is 0.0250 e. The van der Waals surface area contributed by atoms with Crippen molar-refractivity contribution in [1.29, 1.82) is 0 Å². The molecule has 2 atom stereocenters. The second-order valence-electron chi connectivity index (χ2n) is 5.76. The van der Waals surface area contributed by atoms with E-state index < -0.39 is 0 Å². The van der Waals surface area contributed by atoms with Crippen LogP contribution in [0.3, 0.4) is 0 Å². The lowest BCUT2D eigenvalue weighted by atomic mass is 9.95. The fraction of sp³-hybridized carbons (Fsp3) is 0.571. The summed E-state index contributed by atoms with van der Waals surface area (Å²) in [6.07, 6.45) is 0. The predicted molar refractivity (Wildman–Crippen MR) is 68.5 cm³/mol. The fourth-order valence-electron chi connectivity index (χ4n) is 2.43. The zero-order valence-electron chi connectivity index (χ0n) is 10.5. The van der Waals surface area contributed by atoms with Crippen molar-refractivity contribution in [3.05, 3.63) is 35.9 Å². The van der Waals surface area contributed by atoms with Gasteiger partial charge in [0.25, 0.3) is 0 Å². The first kappa shape index (κ1) is 11.6. The van der Waals surface area contributed by atoms with Crippen molar-refractivity contribution in [2.24, 2.45) is 5.73 Å². The molecule has 1 aliphatic rings. The van der Waals surface area contributed by atoms with Crippen LogP contribution in [0.2, 0.25) is 0 Å². The molecule has 2 nitrogen and oxygen atoms in total. The third kappa shape index (κ3) is 2.28. The summed E-state index contributed by atoms with van der Waals surface area (Å²) in [5.74, 6) is 0.487. The standard InChI is InChI=1S/C14H22N2/c1-14(2,3)16-9-12(13(15)10-16)11-7-5-4-6-8-11/h4-8,12-13H,9-10,15H2,1-3H3/t12-,13+/m1/s1. The minimum Gasteiger partial charge on any atom is -0.326 e. The van der Waals surface area contributed by atoms with E-state index in [2.05, 4.69) is 56.0 Å². The van der Waals surface area contributed by atoms with Crippen molar-refractivity contribution in [3.63, 3.8) is 0 Å². The van der Waals surface area contributed by atoms with Gasteiger partial charge in [-0.1, -0.05) is 30.3 Å². The van der Waals surface area contributed by atoms with Crippen LogP contribution >= 0.6 is 0 Å². The Bertz CT molecular complexity index is 340. The van der Waals surface area contributed by atoms with E-state index in [1.54, 1.807) is 0 Å². The maximum absolute atomic E-state index is 6.26. The Balaban J connectivity index is 2.15. The van der Waals surface area contributed by atoms with Gasteiger partial charge >= 0.3 is 0 Å². The molecule has 1 aromatic carbocycles.